The molecule has 1 aliphatic carbocycles. The van der Waals surface area contributed by atoms with Crippen LogP contribution in [0.5, 0.6) is 23.0 Å². The number of rotatable bonds is 2. The van der Waals surface area contributed by atoms with Gasteiger partial charge in [0.25, 0.3) is 0 Å². The Morgan fingerprint density at radius 2 is 1.85 bits per heavy atom. The van der Waals surface area contributed by atoms with Gasteiger partial charge in [-0.2, -0.15) is 0 Å². The second-order valence-corrected chi connectivity index (χ2v) is 7.43. The maximum atomic E-state index is 11.1. The van der Waals surface area contributed by atoms with Crippen molar-refractivity contribution in [1.82, 2.24) is 4.90 Å². The molecule has 0 saturated carbocycles. The quantitative estimate of drug-likeness (QED) is 0.878. The highest BCUT2D eigenvalue weighted by Crippen LogP contribution is 2.53. The second kappa shape index (κ2) is 6.04. The summed E-state index contributed by atoms with van der Waals surface area (Å²) in [6.45, 7) is 0.974. The summed E-state index contributed by atoms with van der Waals surface area (Å²) in [6, 6.07) is 8.19. The lowest BCUT2D eigenvalue weighted by Gasteiger charge is -2.46. The molecule has 0 saturated heterocycles. The van der Waals surface area contributed by atoms with Crippen LogP contribution in [0, 0.1) is 0 Å². The number of benzene rings is 2. The predicted molar refractivity (Wildman–Crippen MR) is 98.8 cm³/mol. The average Bonchev–Trinajstić information content (AvgIpc) is 3.12. The molecule has 2 heterocycles. The molecule has 0 spiro atoms. The van der Waals surface area contributed by atoms with Crippen LogP contribution in [-0.2, 0) is 13.0 Å². The molecule has 2 aromatic carbocycles. The molecule has 2 aliphatic heterocycles. The first-order valence-corrected chi connectivity index (χ1v) is 9.16. The predicted octanol–water partition coefficient (Wildman–Crippen LogP) is 2.62. The molecule has 142 valence electrons. The van der Waals surface area contributed by atoms with Crippen molar-refractivity contribution in [2.24, 2.45) is 0 Å². The van der Waals surface area contributed by atoms with Gasteiger partial charge in [-0.15, -0.1) is 0 Å². The van der Waals surface area contributed by atoms with E-state index in [4.69, 9.17) is 18.9 Å². The summed E-state index contributed by atoms with van der Waals surface area (Å²) < 4.78 is 22.3. The molecular weight excluding hydrogens is 346 g/mol. The largest absolute Gasteiger partial charge is 0.493 e. The van der Waals surface area contributed by atoms with Crippen LogP contribution in [0.15, 0.2) is 24.3 Å². The molecule has 27 heavy (non-hydrogen) atoms. The summed E-state index contributed by atoms with van der Waals surface area (Å²) in [5, 5.41) is 11.1. The van der Waals surface area contributed by atoms with E-state index in [9.17, 15) is 5.11 Å². The Balaban J connectivity index is 1.67. The van der Waals surface area contributed by atoms with Gasteiger partial charge < -0.3 is 24.1 Å². The van der Waals surface area contributed by atoms with E-state index in [2.05, 4.69) is 24.1 Å². The molecule has 0 aromatic heterocycles. The van der Waals surface area contributed by atoms with Crippen molar-refractivity contribution in [2.75, 3.05) is 28.1 Å². The Bertz CT molecular complexity index is 912. The topological polar surface area (TPSA) is 60.4 Å². The second-order valence-electron chi connectivity index (χ2n) is 7.43. The highest BCUT2D eigenvalue weighted by atomic mass is 16.7. The van der Waals surface area contributed by atoms with E-state index in [1.54, 1.807) is 14.2 Å². The zero-order valence-electron chi connectivity index (χ0n) is 15.7. The summed E-state index contributed by atoms with van der Waals surface area (Å²) in [6.07, 6.45) is 0.108. The van der Waals surface area contributed by atoms with Gasteiger partial charge in [0.05, 0.1) is 20.3 Å². The van der Waals surface area contributed by atoms with Gasteiger partial charge in [-0.3, -0.25) is 4.90 Å². The fraction of sp³-hybridized carbons (Fsp3) is 0.429. The maximum absolute atomic E-state index is 11.1. The van der Waals surface area contributed by atoms with Gasteiger partial charge in [0, 0.05) is 24.1 Å². The minimum Gasteiger partial charge on any atom is -0.493 e. The van der Waals surface area contributed by atoms with Gasteiger partial charge >= 0.3 is 0 Å². The van der Waals surface area contributed by atoms with Crippen LogP contribution in [0.25, 0.3) is 0 Å². The molecular formula is C21H23NO5. The molecule has 0 fully saturated rings. The molecule has 6 nitrogen and oxygen atoms in total. The van der Waals surface area contributed by atoms with E-state index in [0.717, 1.165) is 46.2 Å². The molecule has 2 aromatic rings. The number of aliphatic hydroxyl groups is 1. The third-order valence-corrected chi connectivity index (χ3v) is 6.06. The van der Waals surface area contributed by atoms with Crippen molar-refractivity contribution < 1.29 is 24.1 Å². The molecule has 0 unspecified atom stereocenters. The van der Waals surface area contributed by atoms with Crippen LogP contribution in [0.4, 0.5) is 0 Å². The van der Waals surface area contributed by atoms with Crippen molar-refractivity contribution in [3.05, 3.63) is 46.5 Å². The molecule has 0 radical (unpaired) electrons. The standard InChI is InChI=1S/C21H23NO5/c1-22-9-14-12(4-5-16(24-2)21(14)25-3)19-15(23)6-11-7-17-18(27-10-26-17)8-13(11)20(19)22/h4-5,7-8,15,19-20,23H,6,9-10H2,1-3H3/t15-,19+,20+/m1/s1. The van der Waals surface area contributed by atoms with Gasteiger partial charge in [-0.25, -0.2) is 0 Å². The average molecular weight is 369 g/mol. The van der Waals surface area contributed by atoms with Crippen molar-refractivity contribution in [3.63, 3.8) is 0 Å². The van der Waals surface area contributed by atoms with Crippen LogP contribution in [0.3, 0.4) is 0 Å². The summed E-state index contributed by atoms with van der Waals surface area (Å²) in [5.41, 5.74) is 4.55. The lowest BCUT2D eigenvalue weighted by molar-refractivity contribution is 0.0590. The number of hydrogen-bond donors (Lipinski definition) is 1. The normalized spacial score (nSPS) is 25.4. The fourth-order valence-corrected chi connectivity index (χ4v) is 4.93. The van der Waals surface area contributed by atoms with Crippen molar-refractivity contribution in [2.45, 2.75) is 31.0 Å². The number of aliphatic hydroxyl groups excluding tert-OH is 1. The number of hydrogen-bond acceptors (Lipinski definition) is 6. The summed E-state index contributed by atoms with van der Waals surface area (Å²) in [7, 11) is 5.40. The first-order valence-electron chi connectivity index (χ1n) is 9.16. The number of methoxy groups -OCH3 is 2. The van der Waals surface area contributed by atoms with Crippen LogP contribution in [0.1, 0.15) is 34.2 Å². The van der Waals surface area contributed by atoms with E-state index < -0.39 is 6.10 Å². The first kappa shape index (κ1) is 16.7. The van der Waals surface area contributed by atoms with Gasteiger partial charge in [0.15, 0.2) is 23.0 Å². The minimum atomic E-state index is -0.484. The van der Waals surface area contributed by atoms with Gasteiger partial charge in [0.1, 0.15) is 0 Å². The zero-order chi connectivity index (χ0) is 18.7. The van der Waals surface area contributed by atoms with E-state index in [-0.39, 0.29) is 18.8 Å². The third-order valence-electron chi connectivity index (χ3n) is 6.06. The Hall–Kier alpha value is -2.44. The number of ether oxygens (including phenoxy) is 4. The van der Waals surface area contributed by atoms with Gasteiger partial charge in [-0.1, -0.05) is 6.07 Å². The molecule has 0 amide bonds. The van der Waals surface area contributed by atoms with Gasteiger partial charge in [0.2, 0.25) is 6.79 Å². The lowest BCUT2D eigenvalue weighted by atomic mass is 9.70. The monoisotopic (exact) mass is 369 g/mol. The molecule has 5 rings (SSSR count). The molecule has 6 heteroatoms. The summed E-state index contributed by atoms with van der Waals surface area (Å²) >= 11 is 0. The SMILES string of the molecule is COc1ccc2c(c1OC)CN(C)[C@H]1c3cc4c(cc3C[C@@H](O)[C@H]21)OCO4. The Labute approximate surface area is 158 Å². The van der Waals surface area contributed by atoms with Crippen LogP contribution in [0.2, 0.25) is 0 Å². The van der Waals surface area contributed by atoms with E-state index >= 15 is 0 Å². The van der Waals surface area contributed by atoms with Crippen molar-refractivity contribution in [1.29, 1.82) is 0 Å². The Kier molecular flexibility index (Phi) is 3.74. The zero-order valence-corrected chi connectivity index (χ0v) is 15.7. The smallest absolute Gasteiger partial charge is 0.231 e. The van der Waals surface area contributed by atoms with Crippen LogP contribution < -0.4 is 18.9 Å². The van der Waals surface area contributed by atoms with Crippen molar-refractivity contribution >= 4 is 0 Å². The first-order chi connectivity index (χ1) is 13.1. The molecule has 0 bridgehead atoms. The number of fused-ring (bicyclic) bond motifs is 6. The van der Waals surface area contributed by atoms with Crippen LogP contribution in [-0.4, -0.2) is 44.2 Å². The Morgan fingerprint density at radius 3 is 2.59 bits per heavy atom. The summed E-state index contributed by atoms with van der Waals surface area (Å²) in [4.78, 5) is 2.28. The van der Waals surface area contributed by atoms with Crippen molar-refractivity contribution in [3.8, 4) is 23.0 Å². The highest BCUT2D eigenvalue weighted by molar-refractivity contribution is 5.57. The minimum absolute atomic E-state index is 0.0357. The molecule has 1 N–H and O–H groups in total. The van der Waals surface area contributed by atoms with Gasteiger partial charge in [-0.05, 0) is 48.4 Å². The summed E-state index contributed by atoms with van der Waals surface area (Å²) in [5.74, 6) is 2.99. The number of likely N-dealkylation sites (N-methyl/N-ethyl adjacent to an activating group) is 1. The fourth-order valence-electron chi connectivity index (χ4n) is 4.93. The van der Waals surface area contributed by atoms with E-state index in [0.29, 0.717) is 6.42 Å². The van der Waals surface area contributed by atoms with E-state index in [1.165, 1.54) is 5.56 Å². The lowest BCUT2D eigenvalue weighted by Crippen LogP contribution is -2.43. The van der Waals surface area contributed by atoms with Crippen LogP contribution >= 0.6 is 0 Å². The maximum Gasteiger partial charge on any atom is 0.231 e. The Morgan fingerprint density at radius 1 is 1.07 bits per heavy atom. The highest BCUT2D eigenvalue weighted by Gasteiger charge is 2.44. The number of nitrogens with zero attached hydrogens (tertiary/aromatic N) is 1. The molecule has 3 aliphatic rings. The third kappa shape index (κ3) is 2.33. The van der Waals surface area contributed by atoms with E-state index in [1.807, 2.05) is 12.1 Å². The molecule has 3 atom stereocenters.